The van der Waals surface area contributed by atoms with Crippen LogP contribution in [0.1, 0.15) is 38.3 Å². The van der Waals surface area contributed by atoms with Gasteiger partial charge in [-0.05, 0) is 67.5 Å². The molecule has 4 heterocycles. The lowest BCUT2D eigenvalue weighted by Crippen LogP contribution is -2.74. The van der Waals surface area contributed by atoms with Crippen molar-refractivity contribution in [1.82, 2.24) is 20.5 Å². The molecule has 40 heavy (non-hydrogen) atoms. The van der Waals surface area contributed by atoms with Gasteiger partial charge in [0.05, 0.1) is 0 Å². The van der Waals surface area contributed by atoms with E-state index >= 15 is 0 Å². The molecule has 10 nitrogen and oxygen atoms in total. The molecule has 3 aliphatic heterocycles. The summed E-state index contributed by atoms with van der Waals surface area (Å²) in [5.74, 6) is -0.992. The van der Waals surface area contributed by atoms with Gasteiger partial charge < -0.3 is 30.0 Å². The fraction of sp³-hybridized carbons (Fsp3) is 0.379. The molecule has 1 aromatic heterocycles. The van der Waals surface area contributed by atoms with Crippen LogP contribution in [0.3, 0.4) is 0 Å². The van der Waals surface area contributed by atoms with Crippen LogP contribution in [0.5, 0.6) is 0 Å². The molecule has 3 N–H and O–H groups in total. The summed E-state index contributed by atoms with van der Waals surface area (Å²) in [5.41, 5.74) is 2.85. The highest BCUT2D eigenvalue weighted by atomic mass is 32.2. The van der Waals surface area contributed by atoms with Gasteiger partial charge in [-0.3, -0.25) is 9.59 Å². The highest BCUT2D eigenvalue weighted by molar-refractivity contribution is 8.03. The van der Waals surface area contributed by atoms with Crippen LogP contribution >= 0.6 is 11.8 Å². The third kappa shape index (κ3) is 5.85. The number of amides is 2. The highest BCUT2D eigenvalue weighted by Gasteiger charge is 2.57. The molecule has 3 atom stereocenters. The number of β-lactam (4-membered cyclic amide) rings is 1. The molecule has 2 aromatic rings. The van der Waals surface area contributed by atoms with Crippen LogP contribution in [-0.2, 0) is 25.7 Å². The highest BCUT2D eigenvalue weighted by Crippen LogP contribution is 2.45. The number of carbonyl (C=O) groups excluding carboxylic acids is 3. The quantitative estimate of drug-likeness (QED) is 0.361. The van der Waals surface area contributed by atoms with Crippen molar-refractivity contribution in [3.8, 4) is 0 Å². The van der Waals surface area contributed by atoms with Gasteiger partial charge in [-0.15, -0.1) is 11.8 Å². The molecule has 0 radical (unpaired) electrons. The summed E-state index contributed by atoms with van der Waals surface area (Å²) in [5, 5.41) is 7.31. The van der Waals surface area contributed by atoms with E-state index in [4.69, 9.17) is 9.47 Å². The molecular weight excluding hydrogens is 532 g/mol. The minimum atomic E-state index is -1.05. The fourth-order valence-corrected chi connectivity index (χ4v) is 6.26. The van der Waals surface area contributed by atoms with Gasteiger partial charge in [0.15, 0.2) is 6.04 Å². The number of rotatable bonds is 6. The molecular formula is C29H32N4O6S. The van der Waals surface area contributed by atoms with Gasteiger partial charge in [0.1, 0.15) is 23.6 Å². The van der Waals surface area contributed by atoms with Crippen LogP contribution < -0.4 is 16.2 Å². The molecule has 2 amide bonds. The van der Waals surface area contributed by atoms with Crippen molar-refractivity contribution in [2.45, 2.75) is 56.9 Å². The number of thioether (sulfide) groups is 1. The number of ether oxygens (including phenoxy) is 2. The normalized spacial score (nSPS) is 23.5. The lowest BCUT2D eigenvalue weighted by molar-refractivity contribution is -0.162. The number of aromatic nitrogens is 1. The first kappa shape index (κ1) is 27.7. The van der Waals surface area contributed by atoms with E-state index in [0.717, 1.165) is 29.7 Å². The second-order valence-electron chi connectivity index (χ2n) is 10.8. The molecule has 1 aromatic carbocycles. The number of H-pyrrole nitrogens is 1. The molecule has 0 unspecified atom stereocenters. The first-order chi connectivity index (χ1) is 19.1. The van der Waals surface area contributed by atoms with Crippen LogP contribution in [-0.4, -0.2) is 64.0 Å². The van der Waals surface area contributed by atoms with E-state index in [1.807, 2.05) is 35.7 Å². The lowest BCUT2D eigenvalue weighted by Gasteiger charge is -2.52. The van der Waals surface area contributed by atoms with Crippen LogP contribution in [0.4, 0.5) is 4.79 Å². The van der Waals surface area contributed by atoms with Crippen molar-refractivity contribution in [3.05, 3.63) is 86.7 Å². The predicted octanol–water partition coefficient (Wildman–Crippen LogP) is 2.93. The van der Waals surface area contributed by atoms with E-state index in [1.54, 1.807) is 33.0 Å². The van der Waals surface area contributed by atoms with Crippen molar-refractivity contribution in [2.24, 2.45) is 0 Å². The molecule has 11 heteroatoms. The number of esters is 1. The molecule has 3 aliphatic rings. The number of hydrogen-bond donors (Lipinski definition) is 3. The number of benzene rings is 1. The number of hydrogen-bond acceptors (Lipinski definition) is 8. The molecule has 0 spiro atoms. The van der Waals surface area contributed by atoms with Crippen molar-refractivity contribution < 1.29 is 23.9 Å². The Balaban J connectivity index is 1.50. The second kappa shape index (κ2) is 11.3. The van der Waals surface area contributed by atoms with Crippen molar-refractivity contribution in [3.63, 3.8) is 0 Å². The number of alkyl carbamates (subject to hydrolysis) is 1. The van der Waals surface area contributed by atoms with E-state index in [-0.39, 0.29) is 12.2 Å². The standard InChI is InChI=1S/C29H32N4O6S/c1-29(2,3)39-28(37)32-23-25(35)33-24(27(36)38-15-17-7-5-4-6-8-17)20(16-40-26(23)33)22(19-9-11-30-14-19)18-10-12-31-21(34)13-18/h4-8,10,12-13,16,23-24,26,30H,9,11,14-15H2,1-3H3,(H,31,34)(H,32,37)/b22-19+/t23-,24-,26-/m1/s1. The number of carbonyl (C=O) groups is 3. The Morgan fingerprint density at radius 3 is 2.60 bits per heavy atom. The number of nitrogens with zero attached hydrogens (tertiary/aromatic N) is 1. The summed E-state index contributed by atoms with van der Waals surface area (Å²) in [7, 11) is 0. The maximum atomic E-state index is 13.8. The number of pyridine rings is 1. The van der Waals surface area contributed by atoms with Crippen molar-refractivity contribution in [1.29, 1.82) is 0 Å². The SMILES string of the molecule is CC(C)(C)OC(=O)N[C@@H]1C(=O)N2[C@@H](C(=O)OCc3ccccc3)C(/C(=C3\CCNC3)c3cc[nH]c(=O)c3)=CS[C@H]12. The Morgan fingerprint density at radius 2 is 1.93 bits per heavy atom. The number of fused-ring (bicyclic) bond motifs is 1. The van der Waals surface area contributed by atoms with Crippen LogP contribution in [0.15, 0.2) is 70.0 Å². The minimum Gasteiger partial charge on any atom is -0.459 e. The zero-order valence-electron chi connectivity index (χ0n) is 22.6. The average molecular weight is 565 g/mol. The minimum absolute atomic E-state index is 0.0430. The van der Waals surface area contributed by atoms with E-state index in [0.29, 0.717) is 17.7 Å². The molecule has 5 rings (SSSR count). The molecule has 0 bridgehead atoms. The molecule has 0 aliphatic carbocycles. The summed E-state index contributed by atoms with van der Waals surface area (Å²) in [6, 6.07) is 10.7. The van der Waals surface area contributed by atoms with Gasteiger partial charge >= 0.3 is 12.1 Å². The topological polar surface area (TPSA) is 130 Å². The van der Waals surface area contributed by atoms with Crippen LogP contribution in [0, 0.1) is 0 Å². The lowest BCUT2D eigenvalue weighted by atomic mass is 9.86. The summed E-state index contributed by atoms with van der Waals surface area (Å²) in [6.45, 7) is 6.63. The molecule has 210 valence electrons. The third-order valence-electron chi connectivity index (χ3n) is 6.75. The molecule has 2 fully saturated rings. The van der Waals surface area contributed by atoms with Gasteiger partial charge in [0.25, 0.3) is 0 Å². The van der Waals surface area contributed by atoms with Gasteiger partial charge in [0, 0.05) is 24.4 Å². The Morgan fingerprint density at radius 1 is 1.15 bits per heavy atom. The molecule has 2 saturated heterocycles. The Labute approximate surface area is 236 Å². The monoisotopic (exact) mass is 564 g/mol. The third-order valence-corrected chi connectivity index (χ3v) is 7.92. The first-order valence-corrected chi connectivity index (χ1v) is 14.1. The van der Waals surface area contributed by atoms with Crippen LogP contribution in [0.25, 0.3) is 5.57 Å². The molecule has 0 saturated carbocycles. The Kier molecular flexibility index (Phi) is 7.86. The maximum Gasteiger partial charge on any atom is 0.408 e. The maximum absolute atomic E-state index is 13.8. The van der Waals surface area contributed by atoms with Gasteiger partial charge in [-0.1, -0.05) is 30.3 Å². The van der Waals surface area contributed by atoms with E-state index in [9.17, 15) is 19.2 Å². The smallest absolute Gasteiger partial charge is 0.408 e. The van der Waals surface area contributed by atoms with E-state index < -0.39 is 41.0 Å². The average Bonchev–Trinajstić information content (AvgIpc) is 3.44. The van der Waals surface area contributed by atoms with Crippen molar-refractivity contribution >= 4 is 35.3 Å². The van der Waals surface area contributed by atoms with E-state index in [2.05, 4.69) is 15.6 Å². The zero-order valence-corrected chi connectivity index (χ0v) is 23.4. The zero-order chi connectivity index (χ0) is 28.4. The largest absolute Gasteiger partial charge is 0.459 e. The summed E-state index contributed by atoms with van der Waals surface area (Å²) in [6.07, 6.45) is 1.60. The van der Waals surface area contributed by atoms with Crippen molar-refractivity contribution in [2.75, 3.05) is 13.1 Å². The first-order valence-electron chi connectivity index (χ1n) is 13.1. The Hall–Kier alpha value is -3.83. The fourth-order valence-electron chi connectivity index (χ4n) is 5.03. The predicted molar refractivity (Wildman–Crippen MR) is 151 cm³/mol. The number of nitrogens with one attached hydrogen (secondary N) is 3. The number of aromatic amines is 1. The summed E-state index contributed by atoms with van der Waals surface area (Å²) in [4.78, 5) is 56.1. The second-order valence-corrected chi connectivity index (χ2v) is 11.8. The van der Waals surface area contributed by atoms with Gasteiger partial charge in [0.2, 0.25) is 11.5 Å². The Bertz CT molecular complexity index is 1420. The van der Waals surface area contributed by atoms with Crippen LogP contribution in [0.2, 0.25) is 0 Å². The van der Waals surface area contributed by atoms with Gasteiger partial charge in [-0.25, -0.2) is 9.59 Å². The summed E-state index contributed by atoms with van der Waals surface area (Å²) >= 11 is 1.34. The summed E-state index contributed by atoms with van der Waals surface area (Å²) < 4.78 is 11.1. The van der Waals surface area contributed by atoms with E-state index in [1.165, 1.54) is 22.7 Å². The van der Waals surface area contributed by atoms with Gasteiger partial charge in [-0.2, -0.15) is 0 Å².